The molecule has 0 saturated carbocycles. The zero-order valence-electron chi connectivity index (χ0n) is 12.3. The molecule has 1 heterocycles. The fourth-order valence-electron chi connectivity index (χ4n) is 1.67. The highest BCUT2D eigenvalue weighted by Crippen LogP contribution is 2.45. The van der Waals surface area contributed by atoms with Gasteiger partial charge in [-0.05, 0) is 31.3 Å². The molecule has 1 amide bonds. The highest BCUT2D eigenvalue weighted by Gasteiger charge is 2.40. The Morgan fingerprint density at radius 3 is 2.48 bits per heavy atom. The summed E-state index contributed by atoms with van der Waals surface area (Å²) in [5, 5.41) is 2.79. The molecule has 0 bridgehead atoms. The van der Waals surface area contributed by atoms with E-state index in [2.05, 4.69) is 25.1 Å². The van der Waals surface area contributed by atoms with Gasteiger partial charge in [0.25, 0.3) is 0 Å². The van der Waals surface area contributed by atoms with Crippen LogP contribution in [-0.4, -0.2) is 34.0 Å². The normalized spacial score (nSPS) is 16.6. The lowest BCUT2D eigenvalue weighted by Crippen LogP contribution is -2.44. The van der Waals surface area contributed by atoms with Crippen molar-refractivity contribution in [2.24, 2.45) is 0 Å². The van der Waals surface area contributed by atoms with Crippen LogP contribution in [0.5, 0.6) is 0 Å². The molecule has 1 fully saturated rings. The van der Waals surface area contributed by atoms with E-state index in [-0.39, 0.29) is 18.2 Å². The van der Waals surface area contributed by atoms with Crippen molar-refractivity contribution in [1.82, 2.24) is 5.32 Å². The molecule has 116 valence electrons. The third kappa shape index (κ3) is 5.28. The Balaban J connectivity index is 2.54. The Kier molecular flexibility index (Phi) is 7.11. The van der Waals surface area contributed by atoms with Gasteiger partial charge in [0.05, 0.1) is 6.54 Å². The van der Waals surface area contributed by atoms with Crippen molar-refractivity contribution in [2.75, 3.05) is 18.1 Å². The summed E-state index contributed by atoms with van der Waals surface area (Å²) in [5.74, 6) is 1.51. The summed E-state index contributed by atoms with van der Waals surface area (Å²) in [6.45, 7) is 12.5. The number of thioether (sulfide) groups is 2. The molecule has 1 aliphatic heterocycles. The quantitative estimate of drug-likeness (QED) is 0.337. The van der Waals surface area contributed by atoms with Crippen LogP contribution in [-0.2, 0) is 14.3 Å². The van der Waals surface area contributed by atoms with Gasteiger partial charge in [0.2, 0.25) is 5.91 Å². The molecule has 1 saturated heterocycles. The summed E-state index contributed by atoms with van der Waals surface area (Å²) in [7, 11) is 0. The molecule has 21 heavy (non-hydrogen) atoms. The van der Waals surface area contributed by atoms with E-state index >= 15 is 0 Å². The van der Waals surface area contributed by atoms with Crippen molar-refractivity contribution in [2.45, 2.75) is 23.8 Å². The lowest BCUT2D eigenvalue weighted by atomic mass is 10.2. The SMILES string of the molecule is C=CCC1(C(=O)NCC(=C)OC(=O)C(=C)C)SCCCS1. The highest BCUT2D eigenvalue weighted by molar-refractivity contribution is 8.19. The summed E-state index contributed by atoms with van der Waals surface area (Å²) >= 11 is 3.28. The number of hydrogen-bond acceptors (Lipinski definition) is 5. The smallest absolute Gasteiger partial charge is 0.338 e. The summed E-state index contributed by atoms with van der Waals surface area (Å²) < 4.78 is 4.43. The molecule has 0 spiro atoms. The molecule has 0 radical (unpaired) electrons. The van der Waals surface area contributed by atoms with Gasteiger partial charge in [-0.1, -0.05) is 19.2 Å². The van der Waals surface area contributed by atoms with Crippen LogP contribution in [0, 0.1) is 0 Å². The van der Waals surface area contributed by atoms with Gasteiger partial charge in [0, 0.05) is 5.57 Å². The summed E-state index contributed by atoms with van der Waals surface area (Å²) in [5.41, 5.74) is 0.295. The minimum Gasteiger partial charge on any atom is -0.426 e. The Bertz CT molecular complexity index is 454. The van der Waals surface area contributed by atoms with Crippen molar-refractivity contribution >= 4 is 35.4 Å². The number of carbonyl (C=O) groups excluding carboxylic acids is 2. The predicted octanol–water partition coefficient (Wildman–Crippen LogP) is 2.88. The third-order valence-corrected chi connectivity index (χ3v) is 6.08. The standard InChI is InChI=1S/C15H21NO3S2/c1-5-7-15(20-8-6-9-21-15)14(18)16-10-12(4)19-13(17)11(2)3/h5H,1-2,4,6-10H2,3H3,(H,16,18). The van der Waals surface area contributed by atoms with Gasteiger partial charge in [-0.2, -0.15) is 0 Å². The average molecular weight is 327 g/mol. The lowest BCUT2D eigenvalue weighted by Gasteiger charge is -2.33. The minimum absolute atomic E-state index is 0.0791. The van der Waals surface area contributed by atoms with E-state index in [0.717, 1.165) is 17.9 Å². The number of amides is 1. The lowest BCUT2D eigenvalue weighted by molar-refractivity contribution is -0.135. The predicted molar refractivity (Wildman–Crippen MR) is 90.1 cm³/mol. The summed E-state index contributed by atoms with van der Waals surface area (Å²) in [4.78, 5) is 23.8. The Morgan fingerprint density at radius 2 is 1.95 bits per heavy atom. The van der Waals surface area contributed by atoms with Crippen molar-refractivity contribution in [3.8, 4) is 0 Å². The van der Waals surface area contributed by atoms with E-state index in [1.54, 1.807) is 36.5 Å². The maximum absolute atomic E-state index is 12.4. The van der Waals surface area contributed by atoms with Gasteiger partial charge in [0.1, 0.15) is 9.84 Å². The Labute approximate surface area is 134 Å². The maximum atomic E-state index is 12.4. The van der Waals surface area contributed by atoms with Crippen LogP contribution in [0.4, 0.5) is 0 Å². The zero-order chi connectivity index (χ0) is 15.9. The van der Waals surface area contributed by atoms with Crippen molar-refractivity contribution < 1.29 is 14.3 Å². The van der Waals surface area contributed by atoms with Gasteiger partial charge in [0.15, 0.2) is 0 Å². The second kappa shape index (κ2) is 8.34. The van der Waals surface area contributed by atoms with Crippen LogP contribution < -0.4 is 5.32 Å². The second-order valence-electron chi connectivity index (χ2n) is 4.69. The topological polar surface area (TPSA) is 55.4 Å². The average Bonchev–Trinajstić information content (AvgIpc) is 2.45. The molecule has 0 aromatic heterocycles. The minimum atomic E-state index is -0.531. The van der Waals surface area contributed by atoms with E-state index in [0.29, 0.717) is 12.0 Å². The molecule has 1 aliphatic rings. The number of ether oxygens (including phenoxy) is 1. The van der Waals surface area contributed by atoms with Gasteiger partial charge < -0.3 is 10.1 Å². The molecule has 6 heteroatoms. The van der Waals surface area contributed by atoms with Gasteiger partial charge >= 0.3 is 5.97 Å². The highest BCUT2D eigenvalue weighted by atomic mass is 32.2. The van der Waals surface area contributed by atoms with Crippen molar-refractivity contribution in [1.29, 1.82) is 0 Å². The molecule has 0 atom stereocenters. The second-order valence-corrected chi connectivity index (χ2v) is 7.73. The van der Waals surface area contributed by atoms with Crippen LogP contribution in [0.2, 0.25) is 0 Å². The van der Waals surface area contributed by atoms with Crippen molar-refractivity contribution in [3.05, 3.63) is 37.1 Å². The maximum Gasteiger partial charge on any atom is 0.338 e. The first-order valence-corrected chi connectivity index (χ1v) is 8.61. The molecular formula is C15H21NO3S2. The molecule has 1 rings (SSSR count). The van der Waals surface area contributed by atoms with Crippen LogP contribution in [0.25, 0.3) is 0 Å². The largest absolute Gasteiger partial charge is 0.426 e. The van der Waals surface area contributed by atoms with Crippen LogP contribution in [0.3, 0.4) is 0 Å². The number of nitrogens with one attached hydrogen (secondary N) is 1. The van der Waals surface area contributed by atoms with Gasteiger partial charge in [-0.25, -0.2) is 4.79 Å². The van der Waals surface area contributed by atoms with E-state index in [4.69, 9.17) is 4.74 Å². The summed E-state index contributed by atoms with van der Waals surface area (Å²) in [6.07, 6.45) is 3.47. The number of hydrogen-bond donors (Lipinski definition) is 1. The number of rotatable bonds is 7. The Hall–Kier alpha value is -1.14. The van der Waals surface area contributed by atoms with Gasteiger partial charge in [-0.15, -0.1) is 30.1 Å². The van der Waals surface area contributed by atoms with Crippen molar-refractivity contribution in [3.63, 3.8) is 0 Å². The number of allylic oxidation sites excluding steroid dienone is 1. The molecule has 1 N–H and O–H groups in total. The summed E-state index contributed by atoms with van der Waals surface area (Å²) in [6, 6.07) is 0. The van der Waals surface area contributed by atoms with Crippen LogP contribution >= 0.6 is 23.5 Å². The molecule has 0 aliphatic carbocycles. The number of carbonyl (C=O) groups is 2. The molecule has 0 unspecified atom stereocenters. The first-order valence-electron chi connectivity index (χ1n) is 6.64. The fraction of sp³-hybridized carbons (Fsp3) is 0.467. The third-order valence-electron chi connectivity index (χ3n) is 2.75. The van der Waals surface area contributed by atoms with E-state index in [1.165, 1.54) is 0 Å². The first kappa shape index (κ1) is 17.9. The molecule has 4 nitrogen and oxygen atoms in total. The fourth-order valence-corrected chi connectivity index (χ4v) is 4.80. The molecule has 0 aromatic carbocycles. The number of esters is 1. The van der Waals surface area contributed by atoms with Gasteiger partial charge in [-0.3, -0.25) is 4.79 Å². The van der Waals surface area contributed by atoms with E-state index < -0.39 is 10.0 Å². The monoisotopic (exact) mass is 327 g/mol. The first-order chi connectivity index (χ1) is 9.91. The van der Waals surface area contributed by atoms with Crippen LogP contribution in [0.15, 0.2) is 37.1 Å². The zero-order valence-corrected chi connectivity index (χ0v) is 13.9. The van der Waals surface area contributed by atoms with E-state index in [9.17, 15) is 9.59 Å². The Morgan fingerprint density at radius 1 is 1.33 bits per heavy atom. The molecular weight excluding hydrogens is 306 g/mol. The van der Waals surface area contributed by atoms with Crippen LogP contribution in [0.1, 0.15) is 19.8 Å². The van der Waals surface area contributed by atoms with E-state index in [1.807, 2.05) is 0 Å². The molecule has 0 aromatic rings.